The van der Waals surface area contributed by atoms with Gasteiger partial charge < -0.3 is 14.8 Å². The average molecular weight is 456 g/mol. The smallest absolute Gasteiger partial charge is 0.276 e. The van der Waals surface area contributed by atoms with E-state index in [-0.39, 0.29) is 29.1 Å². The van der Waals surface area contributed by atoms with Crippen LogP contribution in [-0.2, 0) is 9.84 Å². The number of aromatic nitrogens is 2. The third-order valence-electron chi connectivity index (χ3n) is 5.33. The zero-order valence-corrected chi connectivity index (χ0v) is 18.8. The van der Waals surface area contributed by atoms with Crippen LogP contribution < -0.4 is 14.8 Å². The van der Waals surface area contributed by atoms with Gasteiger partial charge in [0.05, 0.1) is 37.0 Å². The molecule has 3 aromatic rings. The van der Waals surface area contributed by atoms with E-state index in [0.29, 0.717) is 30.2 Å². The summed E-state index contributed by atoms with van der Waals surface area (Å²) in [6.45, 7) is 2.47. The molecule has 9 heteroatoms. The second-order valence-electron chi connectivity index (χ2n) is 7.56. The highest BCUT2D eigenvalue weighted by Gasteiger charge is 2.32. The maximum absolute atomic E-state index is 12.9. The number of benzene rings is 2. The molecule has 0 aliphatic carbocycles. The van der Waals surface area contributed by atoms with Gasteiger partial charge in [-0.1, -0.05) is 0 Å². The van der Waals surface area contributed by atoms with Gasteiger partial charge in [-0.3, -0.25) is 9.48 Å². The monoisotopic (exact) mass is 455 g/mol. The number of hydrogen-bond donors (Lipinski definition) is 1. The van der Waals surface area contributed by atoms with E-state index in [0.717, 1.165) is 11.3 Å². The summed E-state index contributed by atoms with van der Waals surface area (Å²) in [4.78, 5) is 12.9. The van der Waals surface area contributed by atoms with Crippen LogP contribution in [0.2, 0.25) is 0 Å². The Morgan fingerprint density at radius 1 is 1.12 bits per heavy atom. The predicted octanol–water partition coefficient (Wildman–Crippen LogP) is 3.57. The summed E-state index contributed by atoms with van der Waals surface area (Å²) in [7, 11) is -1.53. The lowest BCUT2D eigenvalue weighted by atomic mass is 10.1. The van der Waals surface area contributed by atoms with Gasteiger partial charge in [-0.15, -0.1) is 0 Å². The van der Waals surface area contributed by atoms with Gasteiger partial charge in [-0.25, -0.2) is 8.42 Å². The maximum atomic E-state index is 12.9. The molecule has 1 amide bonds. The molecule has 1 aliphatic rings. The van der Waals surface area contributed by atoms with Gasteiger partial charge in [0.25, 0.3) is 5.91 Å². The SMILES string of the molecule is CCOc1ccc(NC(=O)c2cc(-c3ccc(OC)cc3)n([C@@H]3CCS(=O)(=O)C3)n2)cc1. The first kappa shape index (κ1) is 21.9. The number of ether oxygens (including phenoxy) is 2. The van der Waals surface area contributed by atoms with Crippen LogP contribution in [0.4, 0.5) is 5.69 Å². The van der Waals surface area contributed by atoms with Crippen molar-refractivity contribution >= 4 is 21.4 Å². The Bertz CT molecular complexity index is 1200. The zero-order chi connectivity index (χ0) is 22.7. The van der Waals surface area contributed by atoms with E-state index in [1.165, 1.54) is 0 Å². The van der Waals surface area contributed by atoms with Crippen molar-refractivity contribution in [2.45, 2.75) is 19.4 Å². The van der Waals surface area contributed by atoms with Crippen molar-refractivity contribution < 1.29 is 22.7 Å². The lowest BCUT2D eigenvalue weighted by molar-refractivity contribution is 0.102. The summed E-state index contributed by atoms with van der Waals surface area (Å²) in [5.41, 5.74) is 2.34. The topological polar surface area (TPSA) is 99.5 Å². The molecule has 1 atom stereocenters. The summed E-state index contributed by atoms with van der Waals surface area (Å²) in [5.74, 6) is 1.18. The number of carbonyl (C=O) groups is 1. The Morgan fingerprint density at radius 3 is 2.41 bits per heavy atom. The molecular weight excluding hydrogens is 430 g/mol. The van der Waals surface area contributed by atoms with Crippen molar-refractivity contribution in [2.24, 2.45) is 0 Å². The third kappa shape index (κ3) is 4.77. The summed E-state index contributed by atoms with van der Waals surface area (Å²) in [5, 5.41) is 7.34. The number of nitrogens with zero attached hydrogens (tertiary/aromatic N) is 2. The number of rotatable bonds is 7. The van der Waals surface area contributed by atoms with Gasteiger partial charge in [-0.2, -0.15) is 5.10 Å². The standard InChI is InChI=1S/C23H25N3O5S/c1-3-31-20-10-6-17(7-11-20)24-23(27)21-14-22(16-4-8-19(30-2)9-5-16)26(25-21)18-12-13-32(28,29)15-18/h4-11,14,18H,3,12-13,15H2,1-2H3,(H,24,27)/t18-/m1/s1. The van der Waals surface area contributed by atoms with E-state index >= 15 is 0 Å². The van der Waals surface area contributed by atoms with Gasteiger partial charge in [0, 0.05) is 11.3 Å². The van der Waals surface area contributed by atoms with Crippen molar-refractivity contribution in [3.8, 4) is 22.8 Å². The van der Waals surface area contributed by atoms with Gasteiger partial charge in [0.1, 0.15) is 11.5 Å². The zero-order valence-electron chi connectivity index (χ0n) is 17.9. The molecule has 0 spiro atoms. The summed E-state index contributed by atoms with van der Waals surface area (Å²) >= 11 is 0. The molecular formula is C23H25N3O5S. The molecule has 2 aromatic carbocycles. The molecule has 8 nitrogen and oxygen atoms in total. The van der Waals surface area contributed by atoms with Crippen molar-refractivity contribution in [2.75, 3.05) is 30.5 Å². The number of amides is 1. The normalized spacial score (nSPS) is 17.1. The molecule has 0 radical (unpaired) electrons. The molecule has 0 saturated carbocycles. The molecule has 2 heterocycles. The molecule has 0 unspecified atom stereocenters. The summed E-state index contributed by atoms with van der Waals surface area (Å²) in [6, 6.07) is 15.8. The number of anilines is 1. The van der Waals surface area contributed by atoms with Gasteiger partial charge in [-0.05, 0) is 67.9 Å². The van der Waals surface area contributed by atoms with Crippen LogP contribution >= 0.6 is 0 Å². The van der Waals surface area contributed by atoms with E-state index in [1.807, 2.05) is 31.2 Å². The van der Waals surface area contributed by atoms with Crippen molar-refractivity contribution in [3.05, 3.63) is 60.3 Å². The second kappa shape index (κ2) is 9.04. The van der Waals surface area contributed by atoms with E-state index in [2.05, 4.69) is 10.4 Å². The fourth-order valence-electron chi connectivity index (χ4n) is 3.73. The molecule has 32 heavy (non-hydrogen) atoms. The van der Waals surface area contributed by atoms with Crippen LogP contribution in [0.25, 0.3) is 11.3 Å². The van der Waals surface area contributed by atoms with Gasteiger partial charge in [0.2, 0.25) is 0 Å². The number of carbonyl (C=O) groups excluding carboxylic acids is 1. The number of methoxy groups -OCH3 is 1. The fourth-order valence-corrected chi connectivity index (χ4v) is 5.42. The lowest BCUT2D eigenvalue weighted by Crippen LogP contribution is -2.16. The number of hydrogen-bond acceptors (Lipinski definition) is 6. The van der Waals surface area contributed by atoms with E-state index < -0.39 is 9.84 Å². The largest absolute Gasteiger partial charge is 0.497 e. The number of nitrogens with one attached hydrogen (secondary N) is 1. The molecule has 1 saturated heterocycles. The second-order valence-corrected chi connectivity index (χ2v) is 9.78. The molecule has 1 aliphatic heterocycles. The predicted molar refractivity (Wildman–Crippen MR) is 122 cm³/mol. The van der Waals surface area contributed by atoms with Crippen LogP contribution in [0.3, 0.4) is 0 Å². The quantitative estimate of drug-likeness (QED) is 0.585. The molecule has 4 rings (SSSR count). The van der Waals surface area contributed by atoms with E-state index in [9.17, 15) is 13.2 Å². The minimum Gasteiger partial charge on any atom is -0.497 e. The van der Waals surface area contributed by atoms with Crippen molar-refractivity contribution in [3.63, 3.8) is 0 Å². The van der Waals surface area contributed by atoms with Crippen LogP contribution in [-0.4, -0.2) is 49.3 Å². The Labute approximate surface area is 187 Å². The first-order valence-electron chi connectivity index (χ1n) is 10.4. The maximum Gasteiger partial charge on any atom is 0.276 e. The Balaban J connectivity index is 1.64. The van der Waals surface area contributed by atoms with Crippen LogP contribution in [0, 0.1) is 0 Å². The lowest BCUT2D eigenvalue weighted by Gasteiger charge is -2.13. The van der Waals surface area contributed by atoms with Crippen LogP contribution in [0.5, 0.6) is 11.5 Å². The molecule has 1 N–H and O–H groups in total. The van der Waals surface area contributed by atoms with E-state index in [1.54, 1.807) is 42.1 Å². The Kier molecular flexibility index (Phi) is 6.18. The van der Waals surface area contributed by atoms with Gasteiger partial charge >= 0.3 is 0 Å². The first-order chi connectivity index (χ1) is 15.4. The molecule has 168 valence electrons. The highest BCUT2D eigenvalue weighted by molar-refractivity contribution is 7.91. The molecule has 1 aromatic heterocycles. The van der Waals surface area contributed by atoms with Crippen LogP contribution in [0.15, 0.2) is 54.6 Å². The van der Waals surface area contributed by atoms with Gasteiger partial charge in [0.15, 0.2) is 15.5 Å². The average Bonchev–Trinajstić information content (AvgIpc) is 3.39. The highest BCUT2D eigenvalue weighted by Crippen LogP contribution is 2.31. The van der Waals surface area contributed by atoms with Crippen LogP contribution in [0.1, 0.15) is 29.9 Å². The van der Waals surface area contributed by atoms with E-state index in [4.69, 9.17) is 9.47 Å². The third-order valence-corrected chi connectivity index (χ3v) is 7.08. The Morgan fingerprint density at radius 2 is 1.81 bits per heavy atom. The summed E-state index contributed by atoms with van der Waals surface area (Å²) < 4.78 is 36.4. The number of sulfone groups is 1. The first-order valence-corrected chi connectivity index (χ1v) is 12.2. The highest BCUT2D eigenvalue weighted by atomic mass is 32.2. The summed E-state index contributed by atoms with van der Waals surface area (Å²) in [6.07, 6.45) is 0.465. The molecule has 1 fully saturated rings. The Hall–Kier alpha value is -3.33. The molecule has 0 bridgehead atoms. The minimum atomic E-state index is -3.11. The van der Waals surface area contributed by atoms with Crippen molar-refractivity contribution in [1.82, 2.24) is 9.78 Å². The fraction of sp³-hybridized carbons (Fsp3) is 0.304. The van der Waals surface area contributed by atoms with Crippen molar-refractivity contribution in [1.29, 1.82) is 0 Å². The minimum absolute atomic E-state index is 0.0117.